The molecule has 8 nitrogen and oxygen atoms in total. The number of nitrogens with one attached hydrogen (secondary N) is 1. The molecular weight excluding hydrogens is 439 g/mol. The fraction of sp³-hybridized carbons (Fsp3) is 0.440. The number of hydrogen-bond donors (Lipinski definition) is 1. The van der Waals surface area contributed by atoms with E-state index in [4.69, 9.17) is 9.47 Å². The van der Waals surface area contributed by atoms with E-state index >= 15 is 0 Å². The summed E-state index contributed by atoms with van der Waals surface area (Å²) < 4.78 is 24.3. The lowest BCUT2D eigenvalue weighted by atomic mass is 10.2. The first-order valence-corrected chi connectivity index (χ1v) is 11.6. The maximum atomic E-state index is 13.2. The summed E-state index contributed by atoms with van der Waals surface area (Å²) in [6.45, 7) is 5.06. The van der Waals surface area contributed by atoms with Gasteiger partial charge < -0.3 is 24.6 Å². The molecule has 0 radical (unpaired) electrons. The van der Waals surface area contributed by atoms with Crippen LogP contribution in [0.4, 0.5) is 14.9 Å². The molecule has 2 aliphatic rings. The lowest BCUT2D eigenvalue weighted by Gasteiger charge is -2.35. The van der Waals surface area contributed by atoms with E-state index in [-0.39, 0.29) is 23.9 Å². The second-order valence-electron chi connectivity index (χ2n) is 8.55. The van der Waals surface area contributed by atoms with Gasteiger partial charge in [-0.05, 0) is 49.4 Å². The van der Waals surface area contributed by atoms with Crippen LogP contribution in [-0.4, -0.2) is 92.3 Å². The largest absolute Gasteiger partial charge is 0.497 e. The topological polar surface area (TPSA) is 74.3 Å². The number of halogens is 1. The third kappa shape index (κ3) is 6.24. The summed E-state index contributed by atoms with van der Waals surface area (Å²) in [5.74, 6) is 0.263. The predicted octanol–water partition coefficient (Wildman–Crippen LogP) is 2.92. The van der Waals surface area contributed by atoms with Gasteiger partial charge in [0, 0.05) is 56.6 Å². The molecule has 182 valence electrons. The number of carbonyl (C=O) groups is 2. The van der Waals surface area contributed by atoms with E-state index in [0.29, 0.717) is 56.3 Å². The maximum absolute atomic E-state index is 13.2. The molecule has 2 fully saturated rings. The molecule has 2 saturated heterocycles. The fourth-order valence-electron chi connectivity index (χ4n) is 4.34. The Morgan fingerprint density at radius 1 is 1.06 bits per heavy atom. The van der Waals surface area contributed by atoms with Crippen molar-refractivity contribution in [3.8, 4) is 5.75 Å². The van der Waals surface area contributed by atoms with Gasteiger partial charge in [-0.3, -0.25) is 9.69 Å². The molecule has 9 heteroatoms. The smallest absolute Gasteiger partial charge is 0.322 e. The molecule has 0 saturated carbocycles. The Morgan fingerprint density at radius 2 is 1.88 bits per heavy atom. The number of benzene rings is 2. The molecule has 2 aromatic carbocycles. The zero-order valence-electron chi connectivity index (χ0n) is 19.4. The summed E-state index contributed by atoms with van der Waals surface area (Å²) in [5.41, 5.74) is 1.19. The van der Waals surface area contributed by atoms with E-state index in [1.54, 1.807) is 18.1 Å². The van der Waals surface area contributed by atoms with Crippen molar-refractivity contribution in [1.82, 2.24) is 14.7 Å². The summed E-state index contributed by atoms with van der Waals surface area (Å²) in [5, 5.41) is 2.93. The molecule has 0 aromatic heterocycles. The minimum Gasteiger partial charge on any atom is -0.497 e. The van der Waals surface area contributed by atoms with E-state index in [2.05, 4.69) is 10.2 Å². The highest BCUT2D eigenvalue weighted by atomic mass is 19.1. The van der Waals surface area contributed by atoms with Crippen molar-refractivity contribution in [1.29, 1.82) is 0 Å². The van der Waals surface area contributed by atoms with E-state index in [0.717, 1.165) is 19.5 Å². The number of methoxy groups -OCH3 is 1. The molecule has 1 N–H and O–H groups in total. The van der Waals surface area contributed by atoms with Gasteiger partial charge in [-0.1, -0.05) is 6.07 Å². The van der Waals surface area contributed by atoms with Gasteiger partial charge in [-0.25, -0.2) is 9.18 Å². The van der Waals surface area contributed by atoms with Gasteiger partial charge in [-0.15, -0.1) is 0 Å². The number of rotatable bonds is 5. The van der Waals surface area contributed by atoms with Crippen molar-refractivity contribution in [2.45, 2.75) is 12.5 Å². The second-order valence-corrected chi connectivity index (χ2v) is 8.55. The van der Waals surface area contributed by atoms with Crippen LogP contribution in [0.25, 0.3) is 0 Å². The number of ether oxygens (including phenoxy) is 2. The fourth-order valence-corrected chi connectivity index (χ4v) is 4.34. The Labute approximate surface area is 199 Å². The summed E-state index contributed by atoms with van der Waals surface area (Å²) >= 11 is 0. The molecule has 1 unspecified atom stereocenters. The van der Waals surface area contributed by atoms with E-state index < -0.39 is 0 Å². The van der Waals surface area contributed by atoms with Gasteiger partial charge in [-0.2, -0.15) is 0 Å². The second kappa shape index (κ2) is 11.3. The van der Waals surface area contributed by atoms with Crippen LogP contribution >= 0.6 is 0 Å². The van der Waals surface area contributed by atoms with Gasteiger partial charge in [0.2, 0.25) is 0 Å². The molecule has 0 bridgehead atoms. The van der Waals surface area contributed by atoms with E-state index in [1.807, 2.05) is 23.1 Å². The lowest BCUT2D eigenvalue weighted by molar-refractivity contribution is -0.0283. The summed E-state index contributed by atoms with van der Waals surface area (Å²) in [6, 6.07) is 12.8. The van der Waals surface area contributed by atoms with Crippen molar-refractivity contribution >= 4 is 17.6 Å². The van der Waals surface area contributed by atoms with Gasteiger partial charge >= 0.3 is 6.03 Å². The highest BCUT2D eigenvalue weighted by Crippen LogP contribution is 2.18. The van der Waals surface area contributed by atoms with Crippen LogP contribution in [0, 0.1) is 5.82 Å². The summed E-state index contributed by atoms with van der Waals surface area (Å²) in [4.78, 5) is 31.4. The molecular formula is C25H31FN4O4. The Morgan fingerprint density at radius 3 is 2.68 bits per heavy atom. The normalized spacial score (nSPS) is 19.4. The molecule has 2 aromatic rings. The quantitative estimate of drug-likeness (QED) is 0.728. The van der Waals surface area contributed by atoms with Crippen LogP contribution in [0.15, 0.2) is 48.5 Å². The van der Waals surface area contributed by atoms with Gasteiger partial charge in [0.15, 0.2) is 0 Å². The van der Waals surface area contributed by atoms with Crippen molar-refractivity contribution in [3.63, 3.8) is 0 Å². The molecule has 2 aliphatic heterocycles. The number of morpholine rings is 1. The van der Waals surface area contributed by atoms with Gasteiger partial charge in [0.1, 0.15) is 11.6 Å². The van der Waals surface area contributed by atoms with Crippen molar-refractivity contribution < 1.29 is 23.5 Å². The van der Waals surface area contributed by atoms with Crippen LogP contribution in [0.3, 0.4) is 0 Å². The third-order valence-electron chi connectivity index (χ3n) is 6.18. The summed E-state index contributed by atoms with van der Waals surface area (Å²) in [7, 11) is 1.59. The number of anilines is 1. The molecule has 3 amide bonds. The minimum absolute atomic E-state index is 0.0730. The Balaban J connectivity index is 1.27. The summed E-state index contributed by atoms with van der Waals surface area (Å²) in [6.07, 6.45) is 0.754. The Kier molecular flexibility index (Phi) is 7.97. The molecule has 0 spiro atoms. The lowest BCUT2D eigenvalue weighted by Crippen LogP contribution is -2.51. The van der Waals surface area contributed by atoms with Crippen LogP contribution < -0.4 is 10.1 Å². The van der Waals surface area contributed by atoms with Crippen LogP contribution in [0.1, 0.15) is 16.8 Å². The van der Waals surface area contributed by atoms with E-state index in [9.17, 15) is 14.0 Å². The van der Waals surface area contributed by atoms with Gasteiger partial charge in [0.05, 0.1) is 19.8 Å². The number of amides is 3. The third-order valence-corrected chi connectivity index (χ3v) is 6.18. The molecule has 0 aliphatic carbocycles. The molecule has 1 atom stereocenters. The van der Waals surface area contributed by atoms with Crippen LogP contribution in [0.5, 0.6) is 5.75 Å². The molecule has 34 heavy (non-hydrogen) atoms. The SMILES string of the molecule is COc1cccc(NC(=O)N2CCOC(CN3CCCN(C(=O)c4ccc(F)cc4)CC3)C2)c1. The maximum Gasteiger partial charge on any atom is 0.322 e. The number of nitrogens with zero attached hydrogens (tertiary/aromatic N) is 3. The Hall–Kier alpha value is -3.17. The highest BCUT2D eigenvalue weighted by Gasteiger charge is 2.27. The van der Waals surface area contributed by atoms with Crippen molar-refractivity contribution in [2.24, 2.45) is 0 Å². The standard InChI is InChI=1S/C25H31FN4O4/c1-33-22-5-2-4-21(16-22)27-25(32)30-14-15-34-23(18-30)17-28-10-3-11-29(13-12-28)24(31)19-6-8-20(26)9-7-19/h2,4-9,16,23H,3,10-15,17-18H2,1H3,(H,27,32). The number of hydrogen-bond acceptors (Lipinski definition) is 5. The van der Waals surface area contributed by atoms with Crippen LogP contribution in [-0.2, 0) is 4.74 Å². The first kappa shape index (κ1) is 24.0. The average Bonchev–Trinajstić information content (AvgIpc) is 3.10. The Bertz CT molecular complexity index is 987. The highest BCUT2D eigenvalue weighted by molar-refractivity contribution is 5.94. The minimum atomic E-state index is -0.350. The molecule has 2 heterocycles. The zero-order chi connectivity index (χ0) is 23.9. The average molecular weight is 471 g/mol. The van der Waals surface area contributed by atoms with Crippen molar-refractivity contribution in [3.05, 3.63) is 59.9 Å². The first-order valence-electron chi connectivity index (χ1n) is 11.6. The zero-order valence-corrected chi connectivity index (χ0v) is 19.4. The first-order chi connectivity index (χ1) is 16.5. The van der Waals surface area contributed by atoms with Crippen LogP contribution in [0.2, 0.25) is 0 Å². The van der Waals surface area contributed by atoms with Gasteiger partial charge in [0.25, 0.3) is 5.91 Å². The predicted molar refractivity (Wildman–Crippen MR) is 127 cm³/mol. The molecule has 4 rings (SSSR count). The number of urea groups is 1. The van der Waals surface area contributed by atoms with E-state index in [1.165, 1.54) is 24.3 Å². The number of carbonyl (C=O) groups excluding carboxylic acids is 2. The monoisotopic (exact) mass is 470 g/mol. The van der Waals surface area contributed by atoms with Crippen molar-refractivity contribution in [2.75, 3.05) is 64.8 Å².